The van der Waals surface area contributed by atoms with Gasteiger partial charge in [-0.25, -0.2) is 4.39 Å². The van der Waals surface area contributed by atoms with Crippen molar-refractivity contribution in [2.24, 2.45) is 5.41 Å². The van der Waals surface area contributed by atoms with Gasteiger partial charge in [-0.2, -0.15) is 0 Å². The second-order valence-electron chi connectivity index (χ2n) is 5.62. The Morgan fingerprint density at radius 2 is 1.83 bits per heavy atom. The van der Waals surface area contributed by atoms with Crippen molar-refractivity contribution in [1.82, 2.24) is 5.32 Å². The van der Waals surface area contributed by atoms with Crippen LogP contribution in [-0.4, -0.2) is 23.5 Å². The molecule has 0 saturated heterocycles. The number of carboxylic acids is 1. The molecule has 0 saturated carbocycles. The van der Waals surface area contributed by atoms with Crippen LogP contribution in [0.1, 0.15) is 37.2 Å². The first-order valence-electron chi connectivity index (χ1n) is 7.80. The van der Waals surface area contributed by atoms with Crippen LogP contribution in [0.5, 0.6) is 0 Å². The molecule has 0 aliphatic carbocycles. The highest BCUT2D eigenvalue weighted by Gasteiger charge is 2.35. The SMILES string of the molecule is CCC(CC)(CNC(=O)c1ccc(-c2ccccc2F)o1)C(=O)O. The van der Waals surface area contributed by atoms with Crippen LogP contribution in [0.2, 0.25) is 0 Å². The summed E-state index contributed by atoms with van der Waals surface area (Å²) in [6.07, 6.45) is 0.801. The Morgan fingerprint density at radius 1 is 1.17 bits per heavy atom. The van der Waals surface area contributed by atoms with Crippen molar-refractivity contribution in [3.8, 4) is 11.3 Å². The minimum Gasteiger partial charge on any atom is -0.481 e. The first-order chi connectivity index (χ1) is 11.4. The summed E-state index contributed by atoms with van der Waals surface area (Å²) in [6.45, 7) is 3.55. The average molecular weight is 333 g/mol. The van der Waals surface area contributed by atoms with E-state index in [1.54, 1.807) is 32.0 Å². The highest BCUT2D eigenvalue weighted by atomic mass is 19.1. The van der Waals surface area contributed by atoms with E-state index < -0.39 is 23.1 Å². The minimum absolute atomic E-state index is 0.00387. The van der Waals surface area contributed by atoms with Gasteiger partial charge in [0.05, 0.1) is 11.0 Å². The average Bonchev–Trinajstić information content (AvgIpc) is 3.06. The normalized spacial score (nSPS) is 11.3. The zero-order valence-electron chi connectivity index (χ0n) is 13.6. The molecule has 0 aliphatic rings. The number of halogens is 1. The molecule has 0 radical (unpaired) electrons. The number of aliphatic carboxylic acids is 1. The van der Waals surface area contributed by atoms with Crippen molar-refractivity contribution in [3.05, 3.63) is 48.0 Å². The molecule has 0 bridgehead atoms. The van der Waals surface area contributed by atoms with Crippen LogP contribution in [0.15, 0.2) is 40.8 Å². The number of carboxylic acid groups (broad SMARTS) is 1. The monoisotopic (exact) mass is 333 g/mol. The van der Waals surface area contributed by atoms with Crippen LogP contribution in [0.4, 0.5) is 4.39 Å². The molecule has 0 aliphatic heterocycles. The third-order valence-electron chi connectivity index (χ3n) is 4.36. The number of furan rings is 1. The van der Waals surface area contributed by atoms with E-state index >= 15 is 0 Å². The summed E-state index contributed by atoms with van der Waals surface area (Å²) >= 11 is 0. The third-order valence-corrected chi connectivity index (χ3v) is 4.36. The first-order valence-corrected chi connectivity index (χ1v) is 7.80. The number of nitrogens with one attached hydrogen (secondary N) is 1. The molecule has 0 fully saturated rings. The van der Waals surface area contributed by atoms with Crippen molar-refractivity contribution in [1.29, 1.82) is 0 Å². The number of hydrogen-bond donors (Lipinski definition) is 2. The standard InChI is InChI=1S/C18H20FNO4/c1-3-18(4-2,17(22)23)11-20-16(21)15-10-9-14(24-15)12-7-5-6-8-13(12)19/h5-10H,3-4,11H2,1-2H3,(H,20,21)(H,22,23). The summed E-state index contributed by atoms with van der Waals surface area (Å²) in [5.74, 6) is -1.65. The molecule has 6 heteroatoms. The van der Waals surface area contributed by atoms with Crippen molar-refractivity contribution < 1.29 is 23.5 Å². The maximum atomic E-state index is 13.7. The molecule has 1 amide bonds. The number of benzene rings is 1. The number of hydrogen-bond acceptors (Lipinski definition) is 3. The Bertz CT molecular complexity index is 734. The topological polar surface area (TPSA) is 79.5 Å². The third kappa shape index (κ3) is 3.48. The fourth-order valence-electron chi connectivity index (χ4n) is 2.48. The molecule has 0 atom stereocenters. The lowest BCUT2D eigenvalue weighted by atomic mass is 9.82. The summed E-state index contributed by atoms with van der Waals surface area (Å²) in [5, 5.41) is 12.0. The van der Waals surface area contributed by atoms with E-state index in [-0.39, 0.29) is 23.6 Å². The fourth-order valence-corrected chi connectivity index (χ4v) is 2.48. The van der Waals surface area contributed by atoms with E-state index in [1.165, 1.54) is 18.2 Å². The number of carbonyl (C=O) groups excluding carboxylic acids is 1. The van der Waals surface area contributed by atoms with E-state index in [1.807, 2.05) is 0 Å². The lowest BCUT2D eigenvalue weighted by Crippen LogP contribution is -2.42. The van der Waals surface area contributed by atoms with Crippen molar-refractivity contribution >= 4 is 11.9 Å². The van der Waals surface area contributed by atoms with Crippen LogP contribution in [0, 0.1) is 11.2 Å². The molecule has 2 rings (SSSR count). The Hall–Kier alpha value is -2.63. The van der Waals surface area contributed by atoms with Crippen LogP contribution in [0.25, 0.3) is 11.3 Å². The molecule has 1 heterocycles. The highest BCUT2D eigenvalue weighted by molar-refractivity contribution is 5.92. The Balaban J connectivity index is 2.12. The molecule has 128 valence electrons. The number of rotatable bonds is 7. The van der Waals surface area contributed by atoms with Gasteiger partial charge in [0.15, 0.2) is 5.76 Å². The molecule has 2 aromatic rings. The van der Waals surface area contributed by atoms with Gasteiger partial charge in [0.1, 0.15) is 11.6 Å². The summed E-state index contributed by atoms with van der Waals surface area (Å²) in [6, 6.07) is 9.05. The molecule has 0 unspecified atom stereocenters. The molecule has 0 spiro atoms. The zero-order valence-corrected chi connectivity index (χ0v) is 13.6. The summed E-state index contributed by atoms with van der Waals surface area (Å²) in [5.41, 5.74) is -0.741. The second-order valence-corrected chi connectivity index (χ2v) is 5.62. The van der Waals surface area contributed by atoms with Gasteiger partial charge >= 0.3 is 5.97 Å². The van der Waals surface area contributed by atoms with E-state index in [0.717, 1.165) is 0 Å². The van der Waals surface area contributed by atoms with Crippen molar-refractivity contribution in [3.63, 3.8) is 0 Å². The van der Waals surface area contributed by atoms with Gasteiger partial charge in [-0.05, 0) is 37.1 Å². The number of amides is 1. The van der Waals surface area contributed by atoms with Gasteiger partial charge in [-0.3, -0.25) is 9.59 Å². The largest absolute Gasteiger partial charge is 0.481 e. The van der Waals surface area contributed by atoms with Gasteiger partial charge in [-0.1, -0.05) is 26.0 Å². The van der Waals surface area contributed by atoms with E-state index in [9.17, 15) is 19.1 Å². The molecule has 1 aromatic heterocycles. The van der Waals surface area contributed by atoms with Crippen LogP contribution in [-0.2, 0) is 4.79 Å². The Kier molecular flexibility index (Phi) is 5.39. The van der Waals surface area contributed by atoms with E-state index in [4.69, 9.17) is 4.42 Å². The van der Waals surface area contributed by atoms with Gasteiger partial charge < -0.3 is 14.8 Å². The quantitative estimate of drug-likeness (QED) is 0.809. The predicted molar refractivity (Wildman–Crippen MR) is 87.1 cm³/mol. The van der Waals surface area contributed by atoms with E-state index in [2.05, 4.69) is 5.32 Å². The first kappa shape index (κ1) is 17.7. The number of carbonyl (C=O) groups is 2. The van der Waals surface area contributed by atoms with E-state index in [0.29, 0.717) is 12.8 Å². The molecular weight excluding hydrogens is 313 g/mol. The van der Waals surface area contributed by atoms with Gasteiger partial charge in [-0.15, -0.1) is 0 Å². The maximum absolute atomic E-state index is 13.7. The van der Waals surface area contributed by atoms with Gasteiger partial charge in [0, 0.05) is 6.54 Å². The molecular formula is C18H20FNO4. The van der Waals surface area contributed by atoms with Crippen LogP contribution in [0.3, 0.4) is 0 Å². The molecule has 24 heavy (non-hydrogen) atoms. The lowest BCUT2D eigenvalue weighted by molar-refractivity contribution is -0.149. The Labute approximate surface area is 139 Å². The van der Waals surface area contributed by atoms with Crippen molar-refractivity contribution in [2.75, 3.05) is 6.54 Å². The Morgan fingerprint density at radius 3 is 2.42 bits per heavy atom. The second kappa shape index (κ2) is 7.29. The molecule has 2 N–H and O–H groups in total. The van der Waals surface area contributed by atoms with Gasteiger partial charge in [0.2, 0.25) is 0 Å². The van der Waals surface area contributed by atoms with Crippen LogP contribution < -0.4 is 5.32 Å². The predicted octanol–water partition coefficient (Wildman–Crippen LogP) is 3.71. The van der Waals surface area contributed by atoms with Crippen molar-refractivity contribution in [2.45, 2.75) is 26.7 Å². The summed E-state index contributed by atoms with van der Waals surface area (Å²) < 4.78 is 19.2. The zero-order chi connectivity index (χ0) is 17.7. The summed E-state index contributed by atoms with van der Waals surface area (Å²) in [4.78, 5) is 23.6. The summed E-state index contributed by atoms with van der Waals surface area (Å²) in [7, 11) is 0. The smallest absolute Gasteiger partial charge is 0.311 e. The maximum Gasteiger partial charge on any atom is 0.311 e. The van der Waals surface area contributed by atoms with Crippen LogP contribution >= 0.6 is 0 Å². The minimum atomic E-state index is -1.00. The van der Waals surface area contributed by atoms with Gasteiger partial charge in [0.25, 0.3) is 5.91 Å². The molecule has 1 aromatic carbocycles. The molecule has 5 nitrogen and oxygen atoms in total. The fraction of sp³-hybridized carbons (Fsp3) is 0.333. The highest BCUT2D eigenvalue weighted by Crippen LogP contribution is 2.27. The lowest BCUT2D eigenvalue weighted by Gasteiger charge is -2.26.